The van der Waals surface area contributed by atoms with Crippen LogP contribution < -0.4 is 37.9 Å². The van der Waals surface area contributed by atoms with E-state index < -0.39 is 0 Å². The Morgan fingerprint density at radius 2 is 1.14 bits per heavy atom. The molecule has 16 heteroatoms. The van der Waals surface area contributed by atoms with Gasteiger partial charge in [0.1, 0.15) is 18.1 Å². The van der Waals surface area contributed by atoms with E-state index in [9.17, 15) is 9.59 Å². The van der Waals surface area contributed by atoms with Gasteiger partial charge in [-0.1, -0.05) is 68.1 Å². The Kier molecular flexibility index (Phi) is 17.8. The van der Waals surface area contributed by atoms with Crippen LogP contribution in [0.3, 0.4) is 0 Å². The highest BCUT2D eigenvalue weighted by molar-refractivity contribution is 6.14. The molecule has 0 aromatic heterocycles. The van der Waals surface area contributed by atoms with Crippen LogP contribution in [0.25, 0.3) is 43.8 Å². The van der Waals surface area contributed by atoms with Gasteiger partial charge in [-0.05, 0) is 116 Å². The Balaban J connectivity index is 0.000000185. The molecule has 0 atom stereocenters. The molecule has 5 aliphatic rings. The predicted molar refractivity (Wildman–Crippen MR) is 293 cm³/mol. The number of methoxy groups -OCH3 is 2. The topological polar surface area (TPSA) is 145 Å². The van der Waals surface area contributed by atoms with Crippen molar-refractivity contribution in [3.8, 4) is 68.2 Å². The Hall–Kier alpha value is -7.14. The largest absolute Gasteiger partial charge is 0.493 e. The second-order valence-corrected chi connectivity index (χ2v) is 19.7. The molecule has 0 spiro atoms. The summed E-state index contributed by atoms with van der Waals surface area (Å²) in [6, 6.07) is 28.3. The zero-order valence-corrected chi connectivity index (χ0v) is 44.7. The maximum Gasteiger partial charge on any atom is 0.409 e. The maximum atomic E-state index is 13.2. The van der Waals surface area contributed by atoms with Crippen molar-refractivity contribution in [1.82, 2.24) is 14.7 Å². The summed E-state index contributed by atoms with van der Waals surface area (Å²) < 4.78 is 62.3. The molecular weight excluding hydrogens is 983 g/mol. The number of carbonyl (C=O) groups is 2. The Morgan fingerprint density at radius 3 is 1.82 bits per heavy atom. The van der Waals surface area contributed by atoms with Crippen LogP contribution in [0, 0.1) is 0 Å². The Bertz CT molecular complexity index is 3010. The van der Waals surface area contributed by atoms with Crippen molar-refractivity contribution in [1.29, 1.82) is 0 Å². The molecule has 5 aliphatic heterocycles. The molecule has 6 aromatic rings. The van der Waals surface area contributed by atoms with E-state index in [2.05, 4.69) is 58.3 Å². The number of amides is 1. The van der Waals surface area contributed by atoms with Crippen LogP contribution in [0.4, 0.5) is 4.79 Å². The number of nitrogens with zero attached hydrogens (tertiary/aromatic N) is 3. The molecule has 0 bridgehead atoms. The zero-order chi connectivity index (χ0) is 52.9. The van der Waals surface area contributed by atoms with Gasteiger partial charge < -0.3 is 57.0 Å². The highest BCUT2D eigenvalue weighted by atomic mass is 16.7. The fourth-order valence-corrected chi connectivity index (χ4v) is 10.8. The van der Waals surface area contributed by atoms with Gasteiger partial charge in [0.15, 0.2) is 34.5 Å². The molecule has 0 saturated carbocycles. The molecule has 6 aromatic carbocycles. The summed E-state index contributed by atoms with van der Waals surface area (Å²) in [7, 11) is 3.19. The van der Waals surface area contributed by atoms with Gasteiger partial charge in [0.2, 0.25) is 13.6 Å². The van der Waals surface area contributed by atoms with Gasteiger partial charge in [0.05, 0.1) is 52.8 Å². The summed E-state index contributed by atoms with van der Waals surface area (Å²) in [6.07, 6.45) is 8.64. The van der Waals surface area contributed by atoms with Gasteiger partial charge in [0, 0.05) is 61.2 Å². The zero-order valence-electron chi connectivity index (χ0n) is 44.7. The number of morpholine rings is 1. The summed E-state index contributed by atoms with van der Waals surface area (Å²) in [4.78, 5) is 31.8. The van der Waals surface area contributed by atoms with E-state index in [1.54, 1.807) is 19.1 Å². The van der Waals surface area contributed by atoms with Gasteiger partial charge in [-0.3, -0.25) is 9.80 Å². The average Bonchev–Trinajstić information content (AvgIpc) is 4.26. The van der Waals surface area contributed by atoms with Crippen LogP contribution in [0.1, 0.15) is 74.2 Å². The van der Waals surface area contributed by atoms with Crippen LogP contribution in [-0.4, -0.2) is 140 Å². The van der Waals surface area contributed by atoms with Crippen molar-refractivity contribution >= 4 is 33.6 Å². The van der Waals surface area contributed by atoms with Crippen molar-refractivity contribution in [2.24, 2.45) is 0 Å². The third-order valence-electron chi connectivity index (χ3n) is 14.9. The first kappa shape index (κ1) is 53.3. The molecule has 1 amide bonds. The third-order valence-corrected chi connectivity index (χ3v) is 14.9. The third kappa shape index (κ3) is 12.5. The fraction of sp³-hybridized carbons (Fsp3) is 0.443. The molecule has 5 heterocycles. The number of rotatable bonds is 21. The van der Waals surface area contributed by atoms with Crippen molar-refractivity contribution in [3.63, 3.8) is 0 Å². The second-order valence-electron chi connectivity index (χ2n) is 19.7. The van der Waals surface area contributed by atoms with Crippen LogP contribution in [-0.2, 0) is 20.8 Å². The second kappa shape index (κ2) is 25.8. The lowest BCUT2D eigenvalue weighted by molar-refractivity contribution is 0.0371. The molecule has 408 valence electrons. The first-order chi connectivity index (χ1) is 37.9. The monoisotopic (exact) mass is 1050 g/mol. The van der Waals surface area contributed by atoms with Gasteiger partial charge in [0.25, 0.3) is 0 Å². The van der Waals surface area contributed by atoms with Gasteiger partial charge in [-0.25, -0.2) is 9.59 Å². The minimum absolute atomic E-state index is 0.134. The van der Waals surface area contributed by atoms with Crippen LogP contribution in [0.5, 0.6) is 46.0 Å². The number of carbonyl (C=O) groups excluding carboxylic acids is 2. The van der Waals surface area contributed by atoms with E-state index in [-0.39, 0.29) is 25.5 Å². The van der Waals surface area contributed by atoms with Gasteiger partial charge >= 0.3 is 12.1 Å². The Labute approximate surface area is 450 Å². The molecule has 0 unspecified atom stereocenters. The normalized spacial score (nSPS) is 15.7. The van der Waals surface area contributed by atoms with Crippen LogP contribution in [0.2, 0.25) is 0 Å². The summed E-state index contributed by atoms with van der Waals surface area (Å²) in [5, 5.41) is 3.95. The number of hydrogen-bond acceptors (Lipinski definition) is 15. The molecule has 11 rings (SSSR count). The number of fused-ring (bicyclic) bond motifs is 5. The number of benzene rings is 6. The smallest absolute Gasteiger partial charge is 0.409 e. The molecular formula is C61H71N3O13. The lowest BCUT2D eigenvalue weighted by Crippen LogP contribution is -2.49. The van der Waals surface area contributed by atoms with Gasteiger partial charge in [-0.2, -0.15) is 0 Å². The van der Waals surface area contributed by atoms with Crippen LogP contribution >= 0.6 is 0 Å². The lowest BCUT2D eigenvalue weighted by atomic mass is 9.89. The SMILES string of the molecule is CCOC(=O)N1CCN(CCCCCCOc2c3c(c(-c4ccc5c(c4)OCO5)c4cc(OC)c(OC)cc24)C(=O)OC3)CC1.c1ccc2c(-c3ccc4c(c3)OCO4)ccc(OCCCCCCN3CCOCC3)c2c1. The minimum Gasteiger partial charge on any atom is -0.493 e. The number of esters is 1. The summed E-state index contributed by atoms with van der Waals surface area (Å²) in [5.74, 6) is 5.23. The maximum absolute atomic E-state index is 13.2. The van der Waals surface area contributed by atoms with E-state index >= 15 is 0 Å². The van der Waals surface area contributed by atoms with Crippen molar-refractivity contribution < 1.29 is 61.7 Å². The van der Waals surface area contributed by atoms with E-state index in [0.717, 1.165) is 140 Å². The lowest BCUT2D eigenvalue weighted by Gasteiger charge is -2.34. The van der Waals surface area contributed by atoms with E-state index in [1.807, 2.05) is 43.3 Å². The molecule has 77 heavy (non-hydrogen) atoms. The number of ether oxygens (including phenoxy) is 11. The Morgan fingerprint density at radius 1 is 0.545 bits per heavy atom. The van der Waals surface area contributed by atoms with Crippen molar-refractivity contribution in [2.45, 2.75) is 64.9 Å². The molecule has 0 N–H and O–H groups in total. The van der Waals surface area contributed by atoms with Crippen molar-refractivity contribution in [3.05, 3.63) is 96.1 Å². The summed E-state index contributed by atoms with van der Waals surface area (Å²) >= 11 is 0. The number of cyclic esters (lactones) is 1. The summed E-state index contributed by atoms with van der Waals surface area (Å²) in [6.45, 7) is 13.4. The van der Waals surface area contributed by atoms with Crippen LogP contribution in [0.15, 0.2) is 84.9 Å². The standard InChI is InChI=1S/C34H40N2O9.C27H31NO4/c1-4-41-34(38)36-14-12-35(13-15-36)11-7-5-6-8-16-42-32-24-19-28(40-3)27(39-2)18-23(24)30(31-25(32)20-43-33(31)37)22-9-10-26-29(17-22)45-21-44-26;1(5-13-28-14-17-29-18-15-28)2-6-16-30-25-12-10-22(23-7-3-4-8-24(23)25)21-9-11-26-27(19-21)32-20-31-26/h9-10,17-19H,4-8,11-16,20-21H2,1-3H3;3-4,7-12,19H,1-2,5-6,13-18,20H2. The quantitative estimate of drug-likeness (QED) is 0.0497. The minimum atomic E-state index is -0.387. The molecule has 2 saturated heterocycles. The van der Waals surface area contributed by atoms with Crippen molar-refractivity contribution in [2.75, 3.05) is 113 Å². The highest BCUT2D eigenvalue weighted by Gasteiger charge is 2.34. The number of hydrogen-bond donors (Lipinski definition) is 0. The fourth-order valence-electron chi connectivity index (χ4n) is 10.8. The van der Waals surface area contributed by atoms with E-state index in [0.29, 0.717) is 67.4 Å². The first-order valence-electron chi connectivity index (χ1n) is 27.3. The number of unbranched alkanes of at least 4 members (excludes halogenated alkanes) is 6. The van der Waals surface area contributed by atoms with E-state index in [4.69, 9.17) is 52.1 Å². The first-order valence-corrected chi connectivity index (χ1v) is 27.3. The molecule has 16 nitrogen and oxygen atoms in total. The number of piperazine rings is 1. The summed E-state index contributed by atoms with van der Waals surface area (Å²) in [5.41, 5.74) is 5.06. The average molecular weight is 1050 g/mol. The highest BCUT2D eigenvalue weighted by Crippen LogP contribution is 2.49. The molecule has 0 radical (unpaired) electrons. The molecule has 2 fully saturated rings. The van der Waals surface area contributed by atoms with Gasteiger partial charge in [-0.15, -0.1) is 0 Å². The van der Waals surface area contributed by atoms with E-state index in [1.165, 1.54) is 36.8 Å². The predicted octanol–water partition coefficient (Wildman–Crippen LogP) is 11.1. The molecule has 0 aliphatic carbocycles.